The van der Waals surface area contributed by atoms with E-state index in [4.69, 9.17) is 0 Å². The van der Waals surface area contributed by atoms with Gasteiger partial charge in [0.05, 0.1) is 11.4 Å². The zero-order valence-corrected chi connectivity index (χ0v) is 15.6. The van der Waals surface area contributed by atoms with Crippen LogP contribution in [-0.2, 0) is 9.59 Å². The van der Waals surface area contributed by atoms with Gasteiger partial charge in [-0.1, -0.05) is 19.4 Å². The van der Waals surface area contributed by atoms with Gasteiger partial charge in [-0.25, -0.2) is 4.98 Å². The van der Waals surface area contributed by atoms with Crippen molar-refractivity contribution >= 4 is 45.7 Å². The van der Waals surface area contributed by atoms with E-state index >= 15 is 0 Å². The van der Waals surface area contributed by atoms with Crippen LogP contribution in [-0.4, -0.2) is 23.1 Å². The summed E-state index contributed by atoms with van der Waals surface area (Å²) in [5, 5.41) is 8.18. The van der Waals surface area contributed by atoms with E-state index in [-0.39, 0.29) is 11.8 Å². The third-order valence-electron chi connectivity index (χ3n) is 3.31. The number of aromatic nitrogens is 1. The number of carbonyl (C=O) groups is 2. The number of amides is 2. The van der Waals surface area contributed by atoms with Crippen LogP contribution in [0.15, 0.2) is 28.5 Å². The lowest BCUT2D eigenvalue weighted by molar-refractivity contribution is -0.116. The molecule has 5 nitrogen and oxygen atoms in total. The van der Waals surface area contributed by atoms with Crippen molar-refractivity contribution in [1.82, 2.24) is 4.98 Å². The van der Waals surface area contributed by atoms with Crippen molar-refractivity contribution in [3.8, 4) is 11.3 Å². The quantitative estimate of drug-likeness (QED) is 0.704. The zero-order chi connectivity index (χ0) is 17.5. The van der Waals surface area contributed by atoms with Gasteiger partial charge < -0.3 is 10.6 Å². The highest BCUT2D eigenvalue weighted by molar-refractivity contribution is 7.98. The maximum atomic E-state index is 11.8. The summed E-state index contributed by atoms with van der Waals surface area (Å²) in [6, 6.07) is 5.84. The molecule has 24 heavy (non-hydrogen) atoms. The minimum Gasteiger partial charge on any atom is -0.325 e. The van der Waals surface area contributed by atoms with E-state index in [1.165, 1.54) is 18.3 Å². The van der Waals surface area contributed by atoms with Gasteiger partial charge in [0.25, 0.3) is 0 Å². The van der Waals surface area contributed by atoms with Gasteiger partial charge in [0.2, 0.25) is 11.8 Å². The molecule has 7 heteroatoms. The number of hydrogen-bond acceptors (Lipinski definition) is 5. The number of anilines is 2. The van der Waals surface area contributed by atoms with Gasteiger partial charge in [0, 0.05) is 29.2 Å². The molecular weight excluding hydrogens is 342 g/mol. The maximum absolute atomic E-state index is 11.8. The lowest BCUT2D eigenvalue weighted by Crippen LogP contribution is -2.10. The second-order valence-corrected chi connectivity index (χ2v) is 6.99. The summed E-state index contributed by atoms with van der Waals surface area (Å²) in [6.07, 6.45) is 4.35. The van der Waals surface area contributed by atoms with Gasteiger partial charge in [-0.2, -0.15) is 0 Å². The molecule has 0 bridgehead atoms. The largest absolute Gasteiger partial charge is 0.325 e. The van der Waals surface area contributed by atoms with Crippen molar-refractivity contribution in [1.29, 1.82) is 0 Å². The number of unbranched alkanes of at least 4 members (excludes halogenated alkanes) is 1. The minimum atomic E-state index is -0.107. The fourth-order valence-electron chi connectivity index (χ4n) is 2.14. The predicted molar refractivity (Wildman–Crippen MR) is 102 cm³/mol. The Morgan fingerprint density at radius 2 is 2.08 bits per heavy atom. The van der Waals surface area contributed by atoms with E-state index in [0.717, 1.165) is 34.7 Å². The maximum Gasteiger partial charge on any atom is 0.226 e. The molecule has 1 aromatic carbocycles. The monoisotopic (exact) mass is 363 g/mol. The van der Waals surface area contributed by atoms with Gasteiger partial charge in [0.1, 0.15) is 0 Å². The van der Waals surface area contributed by atoms with Gasteiger partial charge in [-0.05, 0) is 24.8 Å². The summed E-state index contributed by atoms with van der Waals surface area (Å²) in [6.45, 7) is 3.54. The second-order valence-electron chi connectivity index (χ2n) is 5.29. The molecule has 0 radical (unpaired) electrons. The molecule has 1 heterocycles. The topological polar surface area (TPSA) is 71.1 Å². The molecule has 2 N–H and O–H groups in total. The number of nitrogens with one attached hydrogen (secondary N) is 2. The molecule has 0 aliphatic rings. The Balaban J connectivity index is 2.17. The molecule has 0 saturated heterocycles. The van der Waals surface area contributed by atoms with Crippen LogP contribution in [0, 0.1) is 0 Å². The summed E-state index contributed by atoms with van der Waals surface area (Å²) in [5.74, 6) is -0.112. The van der Waals surface area contributed by atoms with Crippen LogP contribution in [0.3, 0.4) is 0 Å². The normalized spacial score (nSPS) is 10.5. The number of thioether (sulfide) groups is 1. The summed E-state index contributed by atoms with van der Waals surface area (Å²) in [5.41, 5.74) is 2.46. The van der Waals surface area contributed by atoms with Crippen LogP contribution in [0.1, 0.15) is 33.1 Å². The molecule has 0 aliphatic carbocycles. The third-order valence-corrected chi connectivity index (χ3v) is 4.87. The number of rotatable bonds is 7. The number of nitrogens with zero attached hydrogens (tertiary/aromatic N) is 1. The fourth-order valence-corrected chi connectivity index (χ4v) is 3.41. The highest BCUT2D eigenvalue weighted by Crippen LogP contribution is 2.32. The van der Waals surface area contributed by atoms with E-state index in [1.807, 2.05) is 29.8 Å². The van der Waals surface area contributed by atoms with Crippen molar-refractivity contribution in [2.24, 2.45) is 0 Å². The first-order valence-corrected chi connectivity index (χ1v) is 9.85. The van der Waals surface area contributed by atoms with Gasteiger partial charge >= 0.3 is 0 Å². The van der Waals surface area contributed by atoms with Crippen LogP contribution in [0.5, 0.6) is 0 Å². The minimum absolute atomic E-state index is 0.00517. The molecular formula is C17H21N3O2S2. The molecule has 0 unspecified atom stereocenters. The first-order chi connectivity index (χ1) is 11.5. The second kappa shape index (κ2) is 8.84. The highest BCUT2D eigenvalue weighted by Gasteiger charge is 2.10. The predicted octanol–water partition coefficient (Wildman–Crippen LogP) is 4.62. The molecule has 0 atom stereocenters. The Hall–Kier alpha value is -1.86. The molecule has 1 aromatic heterocycles. The van der Waals surface area contributed by atoms with Crippen LogP contribution in [0.4, 0.5) is 10.8 Å². The molecule has 0 aliphatic heterocycles. The summed E-state index contributed by atoms with van der Waals surface area (Å²) >= 11 is 2.97. The van der Waals surface area contributed by atoms with E-state index in [9.17, 15) is 9.59 Å². The highest BCUT2D eigenvalue weighted by atomic mass is 32.2. The van der Waals surface area contributed by atoms with E-state index in [2.05, 4.69) is 22.5 Å². The summed E-state index contributed by atoms with van der Waals surface area (Å²) < 4.78 is 0. The SMILES string of the molecule is CCCCC(=O)Nc1nc(-c2ccc(SC)c(NC(C)=O)c2)cs1. The van der Waals surface area contributed by atoms with Crippen molar-refractivity contribution in [3.63, 3.8) is 0 Å². The van der Waals surface area contributed by atoms with Crippen molar-refractivity contribution in [2.45, 2.75) is 38.0 Å². The van der Waals surface area contributed by atoms with E-state index < -0.39 is 0 Å². The van der Waals surface area contributed by atoms with Gasteiger partial charge in [-0.15, -0.1) is 23.1 Å². The fraction of sp³-hybridized carbons (Fsp3) is 0.353. The van der Waals surface area contributed by atoms with Crippen LogP contribution >= 0.6 is 23.1 Å². The Morgan fingerprint density at radius 1 is 1.29 bits per heavy atom. The van der Waals surface area contributed by atoms with Crippen LogP contribution in [0.25, 0.3) is 11.3 Å². The van der Waals surface area contributed by atoms with Crippen molar-refractivity contribution in [2.75, 3.05) is 16.9 Å². The lowest BCUT2D eigenvalue weighted by Gasteiger charge is -2.09. The van der Waals surface area contributed by atoms with Crippen molar-refractivity contribution in [3.05, 3.63) is 23.6 Å². The average molecular weight is 364 g/mol. The molecule has 2 aromatic rings. The molecule has 0 fully saturated rings. The van der Waals surface area contributed by atoms with Gasteiger partial charge in [-0.3, -0.25) is 9.59 Å². The molecule has 2 amide bonds. The number of hydrogen-bond donors (Lipinski definition) is 2. The molecule has 0 saturated carbocycles. The number of carbonyl (C=O) groups excluding carboxylic acids is 2. The van der Waals surface area contributed by atoms with Crippen LogP contribution < -0.4 is 10.6 Å². The average Bonchev–Trinajstić information content (AvgIpc) is 3.00. The molecule has 0 spiro atoms. The zero-order valence-electron chi connectivity index (χ0n) is 14.0. The molecule has 2 rings (SSSR count). The molecule has 128 valence electrons. The lowest BCUT2D eigenvalue weighted by atomic mass is 10.1. The Kier molecular flexibility index (Phi) is 6.81. The number of thiazole rings is 1. The standard InChI is InChI=1S/C17H21N3O2S2/c1-4-5-6-16(22)20-17-19-14(10-24-17)12-7-8-15(23-3)13(9-12)18-11(2)21/h7-10H,4-6H2,1-3H3,(H,18,21)(H,19,20,22). The Bertz CT molecular complexity index is 728. The van der Waals surface area contributed by atoms with Crippen molar-refractivity contribution < 1.29 is 9.59 Å². The third kappa shape index (κ3) is 5.07. The Labute approximate surface area is 150 Å². The Morgan fingerprint density at radius 3 is 2.75 bits per heavy atom. The summed E-state index contributed by atoms with van der Waals surface area (Å²) in [4.78, 5) is 28.6. The van der Waals surface area contributed by atoms with Crippen LogP contribution in [0.2, 0.25) is 0 Å². The van der Waals surface area contributed by atoms with E-state index in [0.29, 0.717) is 11.6 Å². The van der Waals surface area contributed by atoms with E-state index in [1.54, 1.807) is 11.8 Å². The van der Waals surface area contributed by atoms with Gasteiger partial charge in [0.15, 0.2) is 5.13 Å². The smallest absolute Gasteiger partial charge is 0.226 e. The number of benzene rings is 1. The first-order valence-electron chi connectivity index (χ1n) is 7.75. The summed E-state index contributed by atoms with van der Waals surface area (Å²) in [7, 11) is 0. The first kappa shape index (κ1) is 18.5.